The molecule has 0 heterocycles. The lowest BCUT2D eigenvalue weighted by Crippen LogP contribution is -2.60. The Balaban J connectivity index is 1.51. The number of nitrogens with two attached hydrogens (primary N) is 3. The Kier molecular flexibility index (Phi) is 27.3. The minimum atomic E-state index is -1.93. The molecule has 0 bridgehead atoms. The van der Waals surface area contributed by atoms with Gasteiger partial charge in [-0.15, -0.1) is 0 Å². The predicted octanol–water partition coefficient (Wildman–Crippen LogP) is -3.62. The second-order valence-corrected chi connectivity index (χ2v) is 20.7. The summed E-state index contributed by atoms with van der Waals surface area (Å²) >= 11 is 0. The lowest BCUT2D eigenvalue weighted by molar-refractivity contribution is -0.143. The van der Waals surface area contributed by atoms with Gasteiger partial charge in [0.15, 0.2) is 0 Å². The Hall–Kier alpha value is -10.7. The van der Waals surface area contributed by atoms with E-state index >= 15 is 0 Å². The molecule has 0 spiro atoms. The standard InChI is InChI=1S/C58H72N12O18/c1-30(2)50(57(86)68-42(26-46(61)75)55(84)66-41(22-31-6-4-3-5-7-31)54(83)67-43(27-49(78)79)56(85)69-44(58(87)88)25-34-12-18-37(73)19-13-34)70-48(77)29-63-52(81)39(23-32-8-14-35(71)15-9-32)65-53(82)40(24-33-10-16-36(72)17-11-33)64-47(76)28-62-51(80)38(59)20-21-45(60)74/h3-19,30,38-44,50,71-73H,20-29,59H2,1-2H3,(H2,60,74)(H2,61,75)(H,62,80)(H,63,81)(H,64,76)(H,65,82)(H,66,84)(H,67,83)(H,68,86)(H,69,85)(H,70,77)(H,78,79)(H,87,88)/t38-,39-,40-,41-,42-,43-,44-,50-/m0/s1. The predicted molar refractivity (Wildman–Crippen MR) is 310 cm³/mol. The molecule has 30 heteroatoms. The fourth-order valence-electron chi connectivity index (χ4n) is 8.45. The first kappa shape index (κ1) is 69.8. The van der Waals surface area contributed by atoms with E-state index in [-0.39, 0.29) is 55.8 Å². The van der Waals surface area contributed by atoms with E-state index in [1.807, 2.05) is 0 Å². The van der Waals surface area contributed by atoms with E-state index in [9.17, 15) is 87.9 Å². The number of carbonyl (C=O) groups excluding carboxylic acids is 11. The van der Waals surface area contributed by atoms with Gasteiger partial charge in [-0.3, -0.25) is 57.5 Å². The third-order valence-electron chi connectivity index (χ3n) is 13.1. The Morgan fingerprint density at radius 3 is 1.20 bits per heavy atom. The molecule has 11 amide bonds. The van der Waals surface area contributed by atoms with Crippen LogP contribution in [0.1, 0.15) is 61.8 Å². The minimum Gasteiger partial charge on any atom is -0.508 e. The summed E-state index contributed by atoms with van der Waals surface area (Å²) in [6.07, 6.45) is -3.39. The summed E-state index contributed by atoms with van der Waals surface area (Å²) in [7, 11) is 0. The molecule has 0 aromatic heterocycles. The zero-order valence-corrected chi connectivity index (χ0v) is 47.9. The number of carbonyl (C=O) groups is 13. The summed E-state index contributed by atoms with van der Waals surface area (Å²) < 4.78 is 0. The third kappa shape index (κ3) is 24.5. The van der Waals surface area contributed by atoms with Gasteiger partial charge in [0, 0.05) is 32.1 Å². The van der Waals surface area contributed by atoms with E-state index in [1.54, 1.807) is 30.3 Å². The number of hydrogen-bond acceptors (Lipinski definition) is 17. The van der Waals surface area contributed by atoms with Crippen LogP contribution in [0.2, 0.25) is 0 Å². The maximum absolute atomic E-state index is 14.1. The van der Waals surface area contributed by atoms with Crippen molar-refractivity contribution in [2.24, 2.45) is 23.1 Å². The molecule has 4 aromatic rings. The van der Waals surface area contributed by atoms with Crippen molar-refractivity contribution < 1.29 is 87.9 Å². The molecule has 30 nitrogen and oxygen atoms in total. The summed E-state index contributed by atoms with van der Waals surface area (Å²) in [5, 5.41) is 70.4. The molecule has 4 aromatic carbocycles. The first-order valence-corrected chi connectivity index (χ1v) is 27.4. The molecule has 472 valence electrons. The summed E-state index contributed by atoms with van der Waals surface area (Å²) in [6.45, 7) is 1.47. The average Bonchev–Trinajstić information content (AvgIpc) is 3.59. The maximum atomic E-state index is 14.1. The van der Waals surface area contributed by atoms with Crippen molar-refractivity contribution in [3.63, 3.8) is 0 Å². The van der Waals surface area contributed by atoms with Gasteiger partial charge in [-0.1, -0.05) is 80.6 Å². The second-order valence-electron chi connectivity index (χ2n) is 20.7. The van der Waals surface area contributed by atoms with Crippen molar-refractivity contribution in [3.8, 4) is 17.2 Å². The largest absolute Gasteiger partial charge is 0.508 e. The van der Waals surface area contributed by atoms with Gasteiger partial charge in [0.05, 0.1) is 32.0 Å². The minimum absolute atomic E-state index is 0.110. The van der Waals surface area contributed by atoms with Crippen molar-refractivity contribution in [1.29, 1.82) is 0 Å². The number of hydrogen-bond donors (Lipinski definition) is 17. The Morgan fingerprint density at radius 2 is 0.773 bits per heavy atom. The molecule has 0 unspecified atom stereocenters. The quantitative estimate of drug-likeness (QED) is 0.0211. The molecular weight excluding hydrogens is 1150 g/mol. The van der Waals surface area contributed by atoms with E-state index in [0.717, 1.165) is 0 Å². The summed E-state index contributed by atoms with van der Waals surface area (Å²) in [6, 6.07) is 11.6. The fourth-order valence-corrected chi connectivity index (χ4v) is 8.45. The van der Waals surface area contributed by atoms with Gasteiger partial charge >= 0.3 is 11.9 Å². The molecule has 4 rings (SSSR count). The maximum Gasteiger partial charge on any atom is 0.326 e. The van der Waals surface area contributed by atoms with Gasteiger partial charge in [-0.2, -0.15) is 0 Å². The summed E-state index contributed by atoms with van der Waals surface area (Å²) in [5.41, 5.74) is 18.0. The number of primary amides is 2. The molecule has 20 N–H and O–H groups in total. The van der Waals surface area contributed by atoms with Crippen LogP contribution in [0, 0.1) is 5.92 Å². The Morgan fingerprint density at radius 1 is 0.409 bits per heavy atom. The van der Waals surface area contributed by atoms with Crippen LogP contribution in [0.4, 0.5) is 0 Å². The molecule has 0 saturated carbocycles. The van der Waals surface area contributed by atoms with Gasteiger partial charge in [-0.05, 0) is 71.0 Å². The number of rotatable bonds is 35. The van der Waals surface area contributed by atoms with Crippen LogP contribution in [0.25, 0.3) is 0 Å². The van der Waals surface area contributed by atoms with E-state index in [4.69, 9.17) is 17.2 Å². The third-order valence-corrected chi connectivity index (χ3v) is 13.1. The molecule has 0 aliphatic rings. The van der Waals surface area contributed by atoms with Crippen LogP contribution < -0.4 is 65.1 Å². The monoisotopic (exact) mass is 1220 g/mol. The van der Waals surface area contributed by atoms with Crippen LogP contribution in [0.5, 0.6) is 17.2 Å². The number of carboxylic acid groups (broad SMARTS) is 2. The van der Waals surface area contributed by atoms with E-state index in [2.05, 4.69) is 47.9 Å². The number of amides is 11. The van der Waals surface area contributed by atoms with Crippen LogP contribution in [0.3, 0.4) is 0 Å². The average molecular weight is 1230 g/mol. The molecule has 8 atom stereocenters. The van der Waals surface area contributed by atoms with E-state index < -0.39 is 157 Å². The van der Waals surface area contributed by atoms with E-state index in [1.165, 1.54) is 86.6 Å². The van der Waals surface area contributed by atoms with Crippen LogP contribution >= 0.6 is 0 Å². The number of phenolic OH excluding ortho intramolecular Hbond substituents is 3. The molecule has 0 aliphatic carbocycles. The van der Waals surface area contributed by atoms with Crippen molar-refractivity contribution in [2.75, 3.05) is 13.1 Å². The first-order valence-electron chi connectivity index (χ1n) is 27.4. The highest BCUT2D eigenvalue weighted by Crippen LogP contribution is 2.16. The fraction of sp³-hybridized carbons (Fsp3) is 0.362. The zero-order chi connectivity index (χ0) is 65.2. The number of carboxylic acids is 2. The second kappa shape index (κ2) is 34.3. The van der Waals surface area contributed by atoms with Gasteiger partial charge in [0.25, 0.3) is 0 Å². The van der Waals surface area contributed by atoms with Gasteiger partial charge in [-0.25, -0.2) is 4.79 Å². The number of aliphatic carboxylic acids is 2. The lowest BCUT2D eigenvalue weighted by Gasteiger charge is -2.27. The molecule has 0 fully saturated rings. The van der Waals surface area contributed by atoms with Gasteiger partial charge in [0.1, 0.15) is 59.5 Å². The number of nitrogens with one attached hydrogen (secondary N) is 9. The van der Waals surface area contributed by atoms with Crippen LogP contribution in [-0.4, -0.2) is 164 Å². The smallest absolute Gasteiger partial charge is 0.326 e. The highest BCUT2D eigenvalue weighted by atomic mass is 16.4. The normalized spacial score (nSPS) is 13.6. The molecule has 0 aliphatic heterocycles. The van der Waals surface area contributed by atoms with Crippen LogP contribution in [0.15, 0.2) is 103 Å². The zero-order valence-electron chi connectivity index (χ0n) is 47.9. The van der Waals surface area contributed by atoms with Gasteiger partial charge in [0.2, 0.25) is 65.0 Å². The van der Waals surface area contributed by atoms with Crippen molar-refractivity contribution >= 4 is 76.9 Å². The molecule has 88 heavy (non-hydrogen) atoms. The Bertz CT molecular complexity index is 3130. The summed E-state index contributed by atoms with van der Waals surface area (Å²) in [5.74, 6) is -15.3. The summed E-state index contributed by atoms with van der Waals surface area (Å²) in [4.78, 5) is 171. The van der Waals surface area contributed by atoms with E-state index in [0.29, 0.717) is 22.3 Å². The first-order chi connectivity index (χ1) is 41.6. The lowest BCUT2D eigenvalue weighted by atomic mass is 10.0. The topological polar surface area (TPSA) is 509 Å². The van der Waals surface area contributed by atoms with Crippen LogP contribution in [-0.2, 0) is 88.0 Å². The van der Waals surface area contributed by atoms with Crippen molar-refractivity contribution in [1.82, 2.24) is 47.9 Å². The molecular formula is C58H72N12O18. The number of phenols is 3. The number of aromatic hydroxyl groups is 3. The SMILES string of the molecule is CC(C)[C@H](NC(=O)CNC(=O)[C@H](Cc1ccc(O)cc1)NC(=O)[C@H](Cc1ccc(O)cc1)NC(=O)CNC(=O)[C@@H](N)CCC(N)=O)C(=O)N[C@@H](CC(N)=O)C(=O)N[C@@H](Cc1ccccc1)C(=O)N[C@@H](CC(=O)O)C(=O)N[C@@H](Cc1ccc(O)cc1)C(=O)O. The van der Waals surface area contributed by atoms with Crippen molar-refractivity contribution in [3.05, 3.63) is 125 Å². The highest BCUT2D eigenvalue weighted by Gasteiger charge is 2.36. The highest BCUT2D eigenvalue weighted by molar-refractivity contribution is 5.99. The van der Waals surface area contributed by atoms with Gasteiger partial charge < -0.3 is 90.6 Å². The molecule has 0 radical (unpaired) electrons. The Labute approximate surface area is 503 Å². The molecule has 0 saturated heterocycles. The number of benzene rings is 4. The van der Waals surface area contributed by atoms with Crippen molar-refractivity contribution in [2.45, 2.75) is 114 Å².